The van der Waals surface area contributed by atoms with Crippen molar-refractivity contribution >= 4 is 28.4 Å². The van der Waals surface area contributed by atoms with Crippen LogP contribution < -0.4 is 11.5 Å². The molecule has 0 radical (unpaired) electrons. The Balaban J connectivity index is 2.92. The largest absolute Gasteiger partial charge is 0.417 e. The van der Waals surface area contributed by atoms with Gasteiger partial charge in [0.15, 0.2) is 5.58 Å². The number of hydrogen-bond acceptors (Lipinski definition) is 3. The van der Waals surface area contributed by atoms with Gasteiger partial charge in [0, 0.05) is 6.07 Å². The monoisotopic (exact) mass is 184 g/mol. The Morgan fingerprint density at radius 3 is 3.00 bits per heavy atom. The van der Waals surface area contributed by atoms with Crippen LogP contribution in [-0.4, -0.2) is 4.98 Å². The average Bonchev–Trinajstić information content (AvgIpc) is 2.30. The molecule has 1 aromatic carbocycles. The van der Waals surface area contributed by atoms with Crippen molar-refractivity contribution in [2.24, 2.45) is 0 Å². The van der Waals surface area contributed by atoms with Gasteiger partial charge in [0.1, 0.15) is 0 Å². The molecule has 1 heterocycles. The van der Waals surface area contributed by atoms with Crippen LogP contribution in [0, 0.1) is 0 Å². The number of nitrogens with two attached hydrogens (primary N) is 1. The number of anilines is 1. The van der Waals surface area contributed by atoms with Crippen molar-refractivity contribution in [3.63, 3.8) is 0 Å². The van der Waals surface area contributed by atoms with E-state index in [0.717, 1.165) is 0 Å². The lowest BCUT2D eigenvalue weighted by Crippen LogP contribution is -1.93. The Hall–Kier alpha value is -1.42. The highest BCUT2D eigenvalue weighted by Gasteiger charge is 2.03. The van der Waals surface area contributed by atoms with Crippen molar-refractivity contribution in [2.75, 3.05) is 5.73 Å². The number of fused-ring (bicyclic) bond motifs is 1. The number of oxazole rings is 1. The van der Waals surface area contributed by atoms with E-state index in [-0.39, 0.29) is 0 Å². The van der Waals surface area contributed by atoms with Crippen molar-refractivity contribution in [1.82, 2.24) is 4.98 Å². The highest BCUT2D eigenvalue weighted by atomic mass is 35.5. The predicted molar refractivity (Wildman–Crippen MR) is 46.3 cm³/mol. The Bertz CT molecular complexity index is 444. The molecule has 0 aliphatic rings. The number of benzene rings is 1. The lowest BCUT2D eigenvalue weighted by Gasteiger charge is -1.94. The molecule has 0 amide bonds. The first-order chi connectivity index (χ1) is 5.66. The molecule has 0 unspecified atom stereocenters. The molecule has 1 aromatic heterocycles. The topological polar surface area (TPSA) is 72.0 Å². The number of rotatable bonds is 0. The summed E-state index contributed by atoms with van der Waals surface area (Å²) < 4.78 is 4.75. The summed E-state index contributed by atoms with van der Waals surface area (Å²) in [5, 5.41) is 0.380. The Kier molecular flexibility index (Phi) is 1.38. The first-order valence-electron chi connectivity index (χ1n) is 3.24. The van der Waals surface area contributed by atoms with E-state index in [1.54, 1.807) is 6.07 Å². The minimum absolute atomic E-state index is 0.380. The summed E-state index contributed by atoms with van der Waals surface area (Å²) in [6, 6.07) is 3.06. The molecule has 12 heavy (non-hydrogen) atoms. The van der Waals surface area contributed by atoms with Crippen molar-refractivity contribution in [2.45, 2.75) is 0 Å². The molecular formula is C7H5ClN2O2. The summed E-state index contributed by atoms with van der Waals surface area (Å²) in [6.07, 6.45) is 0. The first kappa shape index (κ1) is 7.24. The van der Waals surface area contributed by atoms with E-state index >= 15 is 0 Å². The molecule has 4 nitrogen and oxygen atoms in total. The zero-order valence-electron chi connectivity index (χ0n) is 5.93. The lowest BCUT2D eigenvalue weighted by molar-refractivity contribution is 0.555. The molecule has 62 valence electrons. The fourth-order valence-corrected chi connectivity index (χ4v) is 1.14. The van der Waals surface area contributed by atoms with E-state index in [2.05, 4.69) is 4.98 Å². The molecule has 0 aliphatic carbocycles. The van der Waals surface area contributed by atoms with Gasteiger partial charge >= 0.3 is 5.76 Å². The SMILES string of the molecule is Nc1cc2[nH]c(=O)oc2cc1Cl. The molecule has 0 bridgehead atoms. The van der Waals surface area contributed by atoms with Gasteiger partial charge in [-0.3, -0.25) is 4.98 Å². The maximum Gasteiger partial charge on any atom is 0.417 e. The summed E-state index contributed by atoms with van der Waals surface area (Å²) >= 11 is 5.70. The van der Waals surface area contributed by atoms with Crippen LogP contribution in [0.1, 0.15) is 0 Å². The molecule has 0 saturated heterocycles. The molecule has 3 N–H and O–H groups in total. The van der Waals surface area contributed by atoms with Crippen LogP contribution in [0.25, 0.3) is 11.1 Å². The average molecular weight is 185 g/mol. The molecule has 0 fully saturated rings. The van der Waals surface area contributed by atoms with Crippen molar-refractivity contribution in [3.05, 3.63) is 27.7 Å². The molecule has 0 spiro atoms. The second-order valence-corrected chi connectivity index (χ2v) is 2.79. The van der Waals surface area contributed by atoms with Crippen molar-refractivity contribution in [3.8, 4) is 0 Å². The fraction of sp³-hybridized carbons (Fsp3) is 0. The zero-order chi connectivity index (χ0) is 8.72. The first-order valence-corrected chi connectivity index (χ1v) is 3.62. The third-order valence-electron chi connectivity index (χ3n) is 1.54. The number of nitrogen functional groups attached to an aromatic ring is 1. The molecule has 0 saturated carbocycles. The highest BCUT2D eigenvalue weighted by molar-refractivity contribution is 6.33. The number of halogens is 1. The summed E-state index contributed by atoms with van der Waals surface area (Å²) in [5.74, 6) is -0.508. The maximum absolute atomic E-state index is 10.7. The highest BCUT2D eigenvalue weighted by Crippen LogP contribution is 2.23. The molecule has 2 rings (SSSR count). The van der Waals surface area contributed by atoms with Crippen molar-refractivity contribution in [1.29, 1.82) is 0 Å². The van der Waals surface area contributed by atoms with Crippen LogP contribution in [0.15, 0.2) is 21.3 Å². The zero-order valence-corrected chi connectivity index (χ0v) is 6.68. The second-order valence-electron chi connectivity index (χ2n) is 2.38. The number of aromatic nitrogens is 1. The van der Waals surface area contributed by atoms with Crippen LogP contribution in [0.2, 0.25) is 5.02 Å². The Labute approximate surface area is 71.9 Å². The standard InChI is InChI=1S/C7H5ClN2O2/c8-3-1-6-5(2-4(3)9)10-7(11)12-6/h1-2H,9H2,(H,10,11). The van der Waals surface area contributed by atoms with Gasteiger partial charge in [0.05, 0.1) is 16.2 Å². The third-order valence-corrected chi connectivity index (χ3v) is 1.87. The second kappa shape index (κ2) is 2.28. The van der Waals surface area contributed by atoms with Crippen LogP contribution in [-0.2, 0) is 0 Å². The van der Waals surface area contributed by atoms with E-state index in [4.69, 9.17) is 21.8 Å². The number of hydrogen-bond donors (Lipinski definition) is 2. The molecule has 0 atom stereocenters. The van der Waals surface area contributed by atoms with Crippen molar-refractivity contribution < 1.29 is 4.42 Å². The van der Waals surface area contributed by atoms with Gasteiger partial charge in [-0.1, -0.05) is 11.6 Å². The fourth-order valence-electron chi connectivity index (χ4n) is 0.989. The normalized spacial score (nSPS) is 10.8. The summed E-state index contributed by atoms with van der Waals surface area (Å²) in [7, 11) is 0. The van der Waals surface area contributed by atoms with Gasteiger partial charge < -0.3 is 10.2 Å². The smallest absolute Gasteiger partial charge is 0.408 e. The number of H-pyrrole nitrogens is 1. The predicted octanol–water partition coefficient (Wildman–Crippen LogP) is 1.36. The Morgan fingerprint density at radius 1 is 1.50 bits per heavy atom. The molecule has 5 heteroatoms. The van der Waals surface area contributed by atoms with Crippen LogP contribution in [0.4, 0.5) is 5.69 Å². The van der Waals surface area contributed by atoms with Gasteiger partial charge in [0.2, 0.25) is 0 Å². The molecule has 0 aliphatic heterocycles. The van der Waals surface area contributed by atoms with Crippen LogP contribution >= 0.6 is 11.6 Å². The quantitative estimate of drug-likeness (QED) is 0.608. The van der Waals surface area contributed by atoms with Gasteiger partial charge in [0.25, 0.3) is 0 Å². The van der Waals surface area contributed by atoms with E-state index in [9.17, 15) is 4.79 Å². The third kappa shape index (κ3) is 0.967. The van der Waals surface area contributed by atoms with E-state index in [1.165, 1.54) is 6.07 Å². The lowest BCUT2D eigenvalue weighted by atomic mass is 10.3. The summed E-state index contributed by atoms with van der Waals surface area (Å²) in [6.45, 7) is 0. The number of nitrogens with one attached hydrogen (secondary N) is 1. The van der Waals surface area contributed by atoms with Gasteiger partial charge in [-0.15, -0.1) is 0 Å². The maximum atomic E-state index is 10.7. The number of aromatic amines is 1. The summed E-state index contributed by atoms with van der Waals surface area (Å²) in [4.78, 5) is 13.2. The van der Waals surface area contributed by atoms with Gasteiger partial charge in [-0.05, 0) is 6.07 Å². The molecule has 2 aromatic rings. The summed E-state index contributed by atoms with van der Waals surface area (Å²) in [5.41, 5.74) is 6.89. The van der Waals surface area contributed by atoms with Gasteiger partial charge in [-0.25, -0.2) is 4.79 Å². The van der Waals surface area contributed by atoms with Gasteiger partial charge in [-0.2, -0.15) is 0 Å². The minimum Gasteiger partial charge on any atom is -0.408 e. The van der Waals surface area contributed by atoms with E-state index < -0.39 is 5.76 Å². The Morgan fingerprint density at radius 2 is 2.25 bits per heavy atom. The van der Waals surface area contributed by atoms with E-state index in [1.807, 2.05) is 0 Å². The van der Waals surface area contributed by atoms with Crippen LogP contribution in [0.5, 0.6) is 0 Å². The van der Waals surface area contributed by atoms with Crippen LogP contribution in [0.3, 0.4) is 0 Å². The molecular weight excluding hydrogens is 180 g/mol. The van der Waals surface area contributed by atoms with E-state index in [0.29, 0.717) is 21.8 Å². The minimum atomic E-state index is -0.508.